The molecule has 192 valence electrons. The summed E-state index contributed by atoms with van der Waals surface area (Å²) in [4.78, 5) is 23.6. The number of aryl methyl sites for hydroxylation is 1. The molecule has 5 rings (SSSR count). The van der Waals surface area contributed by atoms with Crippen molar-refractivity contribution in [2.45, 2.75) is 64.6 Å². The molecule has 0 bridgehead atoms. The third-order valence-corrected chi connectivity index (χ3v) is 7.33. The molecule has 3 heterocycles. The van der Waals surface area contributed by atoms with Gasteiger partial charge in [-0.1, -0.05) is 13.0 Å². The van der Waals surface area contributed by atoms with Crippen molar-refractivity contribution in [3.05, 3.63) is 36.2 Å². The normalized spacial score (nSPS) is 19.9. The number of carbonyl (C=O) groups excluding carboxylic acids is 1. The van der Waals surface area contributed by atoms with Crippen LogP contribution in [0.25, 0.3) is 22.3 Å². The molecule has 3 aromatic rings. The lowest BCUT2D eigenvalue weighted by atomic mass is 9.90. The number of ether oxygens (including phenoxy) is 2. The van der Waals surface area contributed by atoms with Gasteiger partial charge in [0.05, 0.1) is 24.5 Å². The van der Waals surface area contributed by atoms with Crippen LogP contribution in [0.2, 0.25) is 0 Å². The van der Waals surface area contributed by atoms with Crippen LogP contribution >= 0.6 is 0 Å². The number of hydrogen-bond donors (Lipinski definition) is 1. The highest BCUT2D eigenvalue weighted by molar-refractivity contribution is 5.92. The third kappa shape index (κ3) is 4.76. The molecule has 2 unspecified atom stereocenters. The van der Waals surface area contributed by atoms with Crippen molar-refractivity contribution >= 4 is 17.0 Å². The van der Waals surface area contributed by atoms with Gasteiger partial charge in [-0.25, -0.2) is 9.78 Å². The maximum Gasteiger partial charge on any atom is 0.410 e. The first-order valence-electron chi connectivity index (χ1n) is 12.6. The molecule has 9 heteroatoms. The maximum atomic E-state index is 12.7. The van der Waals surface area contributed by atoms with Gasteiger partial charge in [0.1, 0.15) is 23.1 Å². The van der Waals surface area contributed by atoms with Crippen molar-refractivity contribution in [1.29, 1.82) is 0 Å². The predicted octanol–water partition coefficient (Wildman–Crippen LogP) is 4.29. The van der Waals surface area contributed by atoms with Crippen LogP contribution in [-0.2, 0) is 11.8 Å². The highest BCUT2D eigenvalue weighted by atomic mass is 16.6. The van der Waals surface area contributed by atoms with Gasteiger partial charge in [0.25, 0.3) is 0 Å². The van der Waals surface area contributed by atoms with Crippen LogP contribution < -0.4 is 4.74 Å². The molecule has 2 aromatic heterocycles. The van der Waals surface area contributed by atoms with Crippen molar-refractivity contribution in [1.82, 2.24) is 24.6 Å². The van der Waals surface area contributed by atoms with Gasteiger partial charge in [-0.15, -0.1) is 0 Å². The van der Waals surface area contributed by atoms with E-state index in [1.165, 1.54) is 0 Å². The standard InChI is InChI=1S/C27H35N5O4/c1-17(16-33)18-6-7-21-19(12-18)24(30-31(21)5)20-13-28-14-23(29-20)35-22-15-32(11-10-27(22)8-9-27)25(34)36-26(2,3)4/h6-7,12-14,17,22,33H,8-11,15-16H2,1-5H3. The number of likely N-dealkylation sites (tertiary alicyclic amines) is 1. The number of piperidine rings is 1. The number of fused-ring (bicyclic) bond motifs is 1. The lowest BCUT2D eigenvalue weighted by molar-refractivity contribution is -0.0120. The highest BCUT2D eigenvalue weighted by Gasteiger charge is 2.54. The van der Waals surface area contributed by atoms with E-state index in [2.05, 4.69) is 11.1 Å². The molecule has 36 heavy (non-hydrogen) atoms. The van der Waals surface area contributed by atoms with Crippen LogP contribution in [0.3, 0.4) is 0 Å². The van der Waals surface area contributed by atoms with Crippen molar-refractivity contribution in [3.8, 4) is 17.3 Å². The molecule has 1 aromatic carbocycles. The maximum absolute atomic E-state index is 12.7. The largest absolute Gasteiger partial charge is 0.471 e. The van der Waals surface area contributed by atoms with Crippen molar-refractivity contribution in [2.24, 2.45) is 12.5 Å². The van der Waals surface area contributed by atoms with Crippen LogP contribution in [0.1, 0.15) is 58.4 Å². The number of amides is 1. The molecule has 1 saturated carbocycles. The van der Waals surface area contributed by atoms with E-state index in [9.17, 15) is 9.90 Å². The number of aromatic nitrogens is 4. The fourth-order valence-electron chi connectivity index (χ4n) is 4.94. The second kappa shape index (κ2) is 9.03. The van der Waals surface area contributed by atoms with E-state index in [4.69, 9.17) is 19.6 Å². The molecule has 1 aliphatic carbocycles. The van der Waals surface area contributed by atoms with Crippen molar-refractivity contribution < 1.29 is 19.4 Å². The summed E-state index contributed by atoms with van der Waals surface area (Å²) in [6.07, 6.45) is 5.90. The van der Waals surface area contributed by atoms with Crippen molar-refractivity contribution in [3.63, 3.8) is 0 Å². The third-order valence-electron chi connectivity index (χ3n) is 7.33. The molecular formula is C27H35N5O4. The Bertz CT molecular complexity index is 1280. The van der Waals surface area contributed by atoms with Crippen molar-refractivity contribution in [2.75, 3.05) is 19.7 Å². The first-order valence-corrected chi connectivity index (χ1v) is 12.6. The smallest absolute Gasteiger partial charge is 0.410 e. The molecule has 2 aliphatic rings. The van der Waals surface area contributed by atoms with Gasteiger partial charge in [-0.2, -0.15) is 5.10 Å². The van der Waals surface area contributed by atoms with Gasteiger partial charge in [0.15, 0.2) is 0 Å². The van der Waals surface area contributed by atoms with Gasteiger partial charge >= 0.3 is 6.09 Å². The van der Waals surface area contributed by atoms with Gasteiger partial charge in [0, 0.05) is 36.9 Å². The predicted molar refractivity (Wildman–Crippen MR) is 136 cm³/mol. The molecule has 1 amide bonds. The van der Waals surface area contributed by atoms with E-state index >= 15 is 0 Å². The van der Waals surface area contributed by atoms with Gasteiger partial charge in [0.2, 0.25) is 5.88 Å². The van der Waals surface area contributed by atoms with E-state index in [1.54, 1.807) is 17.3 Å². The summed E-state index contributed by atoms with van der Waals surface area (Å²) >= 11 is 0. The first kappa shape index (κ1) is 24.5. The van der Waals surface area contributed by atoms with Crippen LogP contribution in [0.5, 0.6) is 5.88 Å². The molecule has 1 saturated heterocycles. The summed E-state index contributed by atoms with van der Waals surface area (Å²) in [6, 6.07) is 6.10. The zero-order chi connectivity index (χ0) is 25.7. The zero-order valence-corrected chi connectivity index (χ0v) is 21.7. The Labute approximate surface area is 211 Å². The molecule has 2 atom stereocenters. The average molecular weight is 494 g/mol. The Morgan fingerprint density at radius 1 is 1.25 bits per heavy atom. The van der Waals surface area contributed by atoms with Crippen LogP contribution in [0.4, 0.5) is 4.79 Å². The molecule has 2 fully saturated rings. The fraction of sp³-hybridized carbons (Fsp3) is 0.556. The van der Waals surface area contributed by atoms with E-state index < -0.39 is 5.60 Å². The molecule has 9 nitrogen and oxygen atoms in total. The number of aliphatic hydroxyl groups excluding tert-OH is 1. The molecule has 0 radical (unpaired) electrons. The summed E-state index contributed by atoms with van der Waals surface area (Å²) in [5, 5.41) is 15.3. The first-order chi connectivity index (χ1) is 17.1. The molecule has 1 N–H and O–H groups in total. The van der Waals surface area contributed by atoms with E-state index in [-0.39, 0.29) is 30.1 Å². The SMILES string of the molecule is CC(CO)c1ccc2c(c1)c(-c1cncc(OC3CN(C(=O)OC(C)(C)C)CCC34CC4)n1)nn2C. The fourth-order valence-corrected chi connectivity index (χ4v) is 4.94. The Kier molecular flexibility index (Phi) is 6.14. The Morgan fingerprint density at radius 3 is 2.72 bits per heavy atom. The molecule has 1 aliphatic heterocycles. The highest BCUT2D eigenvalue weighted by Crippen LogP contribution is 2.54. The Balaban J connectivity index is 1.40. The zero-order valence-electron chi connectivity index (χ0n) is 21.7. The monoisotopic (exact) mass is 493 g/mol. The number of carbonyl (C=O) groups is 1. The lowest BCUT2D eigenvalue weighted by Crippen LogP contribution is -2.51. The Hall–Kier alpha value is -3.20. The number of nitrogens with zero attached hydrogens (tertiary/aromatic N) is 5. The summed E-state index contributed by atoms with van der Waals surface area (Å²) in [7, 11) is 1.90. The van der Waals surface area contributed by atoms with Gasteiger partial charge in [-0.05, 0) is 57.7 Å². The van der Waals surface area contributed by atoms with Crippen LogP contribution in [-0.4, -0.2) is 67.2 Å². The quantitative estimate of drug-likeness (QED) is 0.565. The van der Waals surface area contributed by atoms with Crippen LogP contribution in [0, 0.1) is 5.41 Å². The summed E-state index contributed by atoms with van der Waals surface area (Å²) in [5.41, 5.74) is 2.91. The summed E-state index contributed by atoms with van der Waals surface area (Å²) in [5.74, 6) is 0.450. The summed E-state index contributed by atoms with van der Waals surface area (Å²) < 4.78 is 13.8. The van der Waals surface area contributed by atoms with E-state index in [0.717, 1.165) is 41.4 Å². The van der Waals surface area contributed by atoms with E-state index in [1.807, 2.05) is 51.6 Å². The Morgan fingerprint density at radius 2 is 2.03 bits per heavy atom. The lowest BCUT2D eigenvalue weighted by Gasteiger charge is -2.39. The topological polar surface area (TPSA) is 103 Å². The number of rotatable bonds is 5. The minimum Gasteiger partial charge on any atom is -0.471 e. The number of hydrogen-bond acceptors (Lipinski definition) is 7. The second-order valence-corrected chi connectivity index (χ2v) is 11.2. The van der Waals surface area contributed by atoms with Gasteiger partial charge < -0.3 is 19.5 Å². The van der Waals surface area contributed by atoms with Crippen LogP contribution in [0.15, 0.2) is 30.6 Å². The summed E-state index contributed by atoms with van der Waals surface area (Å²) in [6.45, 7) is 8.84. The second-order valence-electron chi connectivity index (χ2n) is 11.2. The molecule has 1 spiro atoms. The minimum absolute atomic E-state index is 0.0251. The van der Waals surface area contributed by atoms with E-state index in [0.29, 0.717) is 24.7 Å². The molecular weight excluding hydrogens is 458 g/mol. The number of aliphatic hydroxyl groups is 1. The van der Waals surface area contributed by atoms with Gasteiger partial charge in [-0.3, -0.25) is 9.67 Å². The number of benzene rings is 1. The minimum atomic E-state index is -0.539. The average Bonchev–Trinajstić information content (AvgIpc) is 3.54.